The smallest absolute Gasteiger partial charge is 0.251 e. The molecule has 1 saturated heterocycles. The number of hydrogen-bond donors (Lipinski definition) is 1. The molecule has 0 aliphatic carbocycles. The maximum atomic E-state index is 14.6. The van der Waals surface area contributed by atoms with Crippen LogP contribution in [0.15, 0.2) is 42.5 Å². The van der Waals surface area contributed by atoms with Crippen molar-refractivity contribution in [2.45, 2.75) is 19.9 Å². The molecule has 0 saturated carbocycles. The summed E-state index contributed by atoms with van der Waals surface area (Å²) in [5.41, 5.74) is 6.09. The van der Waals surface area contributed by atoms with E-state index in [9.17, 15) is 19.2 Å². The topological polar surface area (TPSA) is 93.7 Å². The van der Waals surface area contributed by atoms with E-state index in [0.717, 1.165) is 5.56 Å². The molecule has 1 atom stereocenters. The summed E-state index contributed by atoms with van der Waals surface area (Å²) in [7, 11) is 0. The summed E-state index contributed by atoms with van der Waals surface area (Å²) >= 11 is 0. The molecule has 1 unspecified atom stereocenters. The van der Waals surface area contributed by atoms with E-state index in [1.54, 1.807) is 6.07 Å². The average Bonchev–Trinajstić information content (AvgIpc) is 2.81. The molecule has 1 fully saturated rings. The van der Waals surface area contributed by atoms with E-state index in [2.05, 4.69) is 4.90 Å². The van der Waals surface area contributed by atoms with E-state index in [0.29, 0.717) is 45.0 Å². The van der Waals surface area contributed by atoms with Gasteiger partial charge in [0.15, 0.2) is 5.82 Å². The summed E-state index contributed by atoms with van der Waals surface area (Å²) in [6.07, 6.45) is 0. The first-order chi connectivity index (χ1) is 15.4. The van der Waals surface area contributed by atoms with Crippen molar-refractivity contribution in [3.05, 3.63) is 65.0 Å². The van der Waals surface area contributed by atoms with E-state index in [1.165, 1.54) is 6.07 Å². The van der Waals surface area contributed by atoms with Gasteiger partial charge in [0.05, 0.1) is 11.3 Å². The maximum Gasteiger partial charge on any atom is 0.251 e. The summed E-state index contributed by atoms with van der Waals surface area (Å²) in [4.78, 5) is 30.6. The SMILES string of the molecule is CCN(CC)C(=O)C(c1ccccc1)N1CCN(c2ccc(C(N)=O)c(F)c2C#N)CC1. The van der Waals surface area contributed by atoms with E-state index in [-0.39, 0.29) is 17.0 Å². The third kappa shape index (κ3) is 4.58. The monoisotopic (exact) mass is 437 g/mol. The molecule has 1 heterocycles. The number of nitrogens with two attached hydrogens (primary N) is 1. The quantitative estimate of drug-likeness (QED) is 0.718. The Morgan fingerprint density at radius 1 is 1.09 bits per heavy atom. The van der Waals surface area contributed by atoms with Crippen LogP contribution in [0, 0.1) is 17.1 Å². The Morgan fingerprint density at radius 3 is 2.25 bits per heavy atom. The lowest BCUT2D eigenvalue weighted by molar-refractivity contribution is -0.137. The first-order valence-electron chi connectivity index (χ1n) is 10.8. The van der Waals surface area contributed by atoms with E-state index in [1.807, 2.05) is 60.0 Å². The van der Waals surface area contributed by atoms with Crippen molar-refractivity contribution < 1.29 is 14.0 Å². The van der Waals surface area contributed by atoms with Crippen LogP contribution in [0.4, 0.5) is 10.1 Å². The molecule has 2 N–H and O–H groups in total. The molecule has 168 valence electrons. The zero-order chi connectivity index (χ0) is 23.3. The fourth-order valence-electron chi connectivity index (χ4n) is 4.20. The zero-order valence-electron chi connectivity index (χ0n) is 18.4. The van der Waals surface area contributed by atoms with Gasteiger partial charge >= 0.3 is 0 Å². The molecule has 2 amide bonds. The number of carbonyl (C=O) groups excluding carboxylic acids is 2. The molecular weight excluding hydrogens is 409 g/mol. The lowest BCUT2D eigenvalue weighted by atomic mass is 10.0. The van der Waals surface area contributed by atoms with Crippen LogP contribution in [0.3, 0.4) is 0 Å². The number of nitriles is 1. The molecule has 3 rings (SSSR count). The van der Waals surface area contributed by atoms with Crippen molar-refractivity contribution in [2.75, 3.05) is 44.2 Å². The molecule has 0 radical (unpaired) electrons. The predicted molar refractivity (Wildman–Crippen MR) is 121 cm³/mol. The van der Waals surface area contributed by atoms with Crippen molar-refractivity contribution in [1.29, 1.82) is 5.26 Å². The molecule has 32 heavy (non-hydrogen) atoms. The Balaban J connectivity index is 1.84. The van der Waals surface area contributed by atoms with Crippen LogP contribution < -0.4 is 10.6 Å². The van der Waals surface area contributed by atoms with Gasteiger partial charge < -0.3 is 15.5 Å². The van der Waals surface area contributed by atoms with Gasteiger partial charge in [-0.25, -0.2) is 4.39 Å². The Labute approximate surface area is 187 Å². The molecule has 0 bridgehead atoms. The molecule has 8 heteroatoms. The minimum Gasteiger partial charge on any atom is -0.368 e. The number of likely N-dealkylation sites (N-methyl/N-ethyl adjacent to an activating group) is 1. The molecule has 1 aliphatic heterocycles. The van der Waals surface area contributed by atoms with Crippen LogP contribution in [0.2, 0.25) is 0 Å². The second-order valence-corrected chi connectivity index (χ2v) is 7.64. The average molecular weight is 438 g/mol. The Kier molecular flexibility index (Phi) is 7.44. The molecule has 2 aromatic rings. The second kappa shape index (κ2) is 10.2. The first kappa shape index (κ1) is 23.2. The lowest BCUT2D eigenvalue weighted by Crippen LogP contribution is -2.52. The maximum absolute atomic E-state index is 14.6. The van der Waals surface area contributed by atoms with Crippen molar-refractivity contribution in [2.24, 2.45) is 5.73 Å². The van der Waals surface area contributed by atoms with Crippen LogP contribution in [0.25, 0.3) is 0 Å². The van der Waals surface area contributed by atoms with Gasteiger partial charge in [-0.15, -0.1) is 0 Å². The van der Waals surface area contributed by atoms with Gasteiger partial charge in [0, 0.05) is 39.3 Å². The highest BCUT2D eigenvalue weighted by Crippen LogP contribution is 2.29. The first-order valence-corrected chi connectivity index (χ1v) is 10.8. The minimum absolute atomic E-state index is 0.0595. The Hall–Kier alpha value is -3.44. The Morgan fingerprint density at radius 2 is 1.72 bits per heavy atom. The van der Waals surface area contributed by atoms with E-state index in [4.69, 9.17) is 5.73 Å². The van der Waals surface area contributed by atoms with Crippen molar-refractivity contribution in [1.82, 2.24) is 9.80 Å². The fraction of sp³-hybridized carbons (Fsp3) is 0.375. The van der Waals surface area contributed by atoms with Crippen LogP contribution in [0.1, 0.15) is 41.4 Å². The highest BCUT2D eigenvalue weighted by atomic mass is 19.1. The number of piperazine rings is 1. The number of hydrogen-bond acceptors (Lipinski definition) is 5. The second-order valence-electron chi connectivity index (χ2n) is 7.64. The molecule has 7 nitrogen and oxygen atoms in total. The molecule has 2 aromatic carbocycles. The summed E-state index contributed by atoms with van der Waals surface area (Å²) < 4.78 is 14.6. The number of primary amides is 1. The summed E-state index contributed by atoms with van der Waals surface area (Å²) in [5.74, 6) is -1.74. The third-order valence-electron chi connectivity index (χ3n) is 5.94. The van der Waals surface area contributed by atoms with Crippen LogP contribution in [0.5, 0.6) is 0 Å². The number of halogens is 1. The third-order valence-corrected chi connectivity index (χ3v) is 5.94. The standard InChI is InChI=1S/C24H28FN5O2/c1-3-28(4-2)24(32)22(17-8-6-5-7-9-17)30-14-12-29(13-15-30)20-11-10-18(23(27)31)21(25)19(20)16-26/h5-11,22H,3-4,12-15H2,1-2H3,(H2,27,31). The number of carbonyl (C=O) groups is 2. The van der Waals surface area contributed by atoms with Gasteiger partial charge in [0.25, 0.3) is 5.91 Å². The number of rotatable bonds is 7. The fourth-order valence-corrected chi connectivity index (χ4v) is 4.20. The highest BCUT2D eigenvalue weighted by molar-refractivity contribution is 5.94. The number of amides is 2. The predicted octanol–water partition coefficient (Wildman–Crippen LogP) is 2.53. The van der Waals surface area contributed by atoms with Crippen LogP contribution >= 0.6 is 0 Å². The van der Waals surface area contributed by atoms with Crippen molar-refractivity contribution in [3.63, 3.8) is 0 Å². The van der Waals surface area contributed by atoms with Gasteiger partial charge in [-0.05, 0) is 31.5 Å². The van der Waals surface area contributed by atoms with Gasteiger partial charge in [0.2, 0.25) is 5.91 Å². The van der Waals surface area contributed by atoms with E-state index >= 15 is 0 Å². The number of nitrogens with zero attached hydrogens (tertiary/aromatic N) is 4. The molecular formula is C24H28FN5O2. The molecule has 1 aliphatic rings. The normalized spacial score (nSPS) is 15.1. The van der Waals surface area contributed by atoms with Crippen molar-refractivity contribution in [3.8, 4) is 6.07 Å². The van der Waals surface area contributed by atoms with Gasteiger partial charge in [-0.2, -0.15) is 5.26 Å². The zero-order valence-corrected chi connectivity index (χ0v) is 18.4. The largest absolute Gasteiger partial charge is 0.368 e. The van der Waals surface area contributed by atoms with Gasteiger partial charge in [0.1, 0.15) is 17.7 Å². The van der Waals surface area contributed by atoms with Crippen LogP contribution in [-0.4, -0.2) is 60.9 Å². The molecule has 0 spiro atoms. The number of benzene rings is 2. The summed E-state index contributed by atoms with van der Waals surface area (Å²) in [5, 5.41) is 9.48. The minimum atomic E-state index is -0.906. The van der Waals surface area contributed by atoms with E-state index < -0.39 is 17.8 Å². The van der Waals surface area contributed by atoms with Crippen LogP contribution in [-0.2, 0) is 4.79 Å². The Bertz CT molecular complexity index is 1010. The van der Waals surface area contributed by atoms with Gasteiger partial charge in [-0.3, -0.25) is 14.5 Å². The van der Waals surface area contributed by atoms with Gasteiger partial charge in [-0.1, -0.05) is 30.3 Å². The molecule has 0 aromatic heterocycles. The number of anilines is 1. The van der Waals surface area contributed by atoms with Crippen molar-refractivity contribution >= 4 is 17.5 Å². The lowest BCUT2D eigenvalue weighted by Gasteiger charge is -2.41. The summed E-state index contributed by atoms with van der Waals surface area (Å²) in [6, 6.07) is 14.0. The summed E-state index contributed by atoms with van der Waals surface area (Å²) in [6.45, 7) is 7.36. The highest BCUT2D eigenvalue weighted by Gasteiger charge is 2.33.